The molecular weight excluding hydrogens is 725 g/mol. The highest BCUT2D eigenvalue weighted by Gasteiger charge is 2.18. The van der Waals surface area contributed by atoms with Crippen LogP contribution in [0.2, 0.25) is 0 Å². The van der Waals surface area contributed by atoms with Crippen molar-refractivity contribution in [2.24, 2.45) is 0 Å². The SMILES string of the molecule is C1=CC(c2cccc(-c3cc(-c4ccccc4-c4ccccc4-c4ccc5c6ccccc6c6ccccc6c5c4)nc(-c4cccc(-c5ccccc5)c4)n3)c2)=CCC1. The lowest BCUT2D eigenvalue weighted by Crippen LogP contribution is -1.98. The van der Waals surface area contributed by atoms with Gasteiger partial charge < -0.3 is 0 Å². The molecule has 9 aromatic carbocycles. The second-order valence-electron chi connectivity index (χ2n) is 15.6. The predicted octanol–water partition coefficient (Wildman–Crippen LogP) is 15.7. The predicted molar refractivity (Wildman–Crippen MR) is 254 cm³/mol. The van der Waals surface area contributed by atoms with Crippen LogP contribution in [0.1, 0.15) is 18.4 Å². The van der Waals surface area contributed by atoms with Gasteiger partial charge in [0.2, 0.25) is 0 Å². The molecule has 11 rings (SSSR count). The first-order valence-corrected chi connectivity index (χ1v) is 20.8. The monoisotopic (exact) mass is 764 g/mol. The smallest absolute Gasteiger partial charge is 0.160 e. The maximum Gasteiger partial charge on any atom is 0.160 e. The Morgan fingerprint density at radius 2 is 0.833 bits per heavy atom. The van der Waals surface area contributed by atoms with Gasteiger partial charge in [-0.25, -0.2) is 9.97 Å². The van der Waals surface area contributed by atoms with Crippen LogP contribution in [0.5, 0.6) is 0 Å². The van der Waals surface area contributed by atoms with Crippen molar-refractivity contribution in [1.29, 1.82) is 0 Å². The highest BCUT2D eigenvalue weighted by atomic mass is 14.9. The highest BCUT2D eigenvalue weighted by molar-refractivity contribution is 6.25. The fourth-order valence-corrected chi connectivity index (χ4v) is 9.00. The van der Waals surface area contributed by atoms with Crippen LogP contribution in [0.4, 0.5) is 0 Å². The number of nitrogens with zero attached hydrogens (tertiary/aromatic N) is 2. The van der Waals surface area contributed by atoms with E-state index < -0.39 is 0 Å². The third-order valence-electron chi connectivity index (χ3n) is 11.9. The fourth-order valence-electron chi connectivity index (χ4n) is 9.00. The number of rotatable bonds is 7. The molecule has 1 aromatic heterocycles. The van der Waals surface area contributed by atoms with E-state index in [2.05, 4.69) is 218 Å². The maximum atomic E-state index is 5.41. The molecule has 0 radical (unpaired) electrons. The average molecular weight is 765 g/mol. The van der Waals surface area contributed by atoms with Crippen molar-refractivity contribution in [2.75, 3.05) is 0 Å². The minimum absolute atomic E-state index is 0.694. The number of hydrogen-bond acceptors (Lipinski definition) is 2. The Morgan fingerprint density at radius 1 is 0.300 bits per heavy atom. The lowest BCUT2D eigenvalue weighted by molar-refractivity contribution is 1.04. The Bertz CT molecular complexity index is 3280. The van der Waals surface area contributed by atoms with Gasteiger partial charge in [-0.1, -0.05) is 194 Å². The van der Waals surface area contributed by atoms with Crippen molar-refractivity contribution in [1.82, 2.24) is 9.97 Å². The summed E-state index contributed by atoms with van der Waals surface area (Å²) in [5.41, 5.74) is 14.2. The highest BCUT2D eigenvalue weighted by Crippen LogP contribution is 2.42. The Balaban J connectivity index is 1.09. The van der Waals surface area contributed by atoms with Gasteiger partial charge in [0.1, 0.15) is 0 Å². The van der Waals surface area contributed by atoms with Crippen LogP contribution >= 0.6 is 0 Å². The molecule has 0 unspecified atom stereocenters. The minimum Gasteiger partial charge on any atom is -0.228 e. The maximum absolute atomic E-state index is 5.41. The molecule has 0 aliphatic heterocycles. The summed E-state index contributed by atoms with van der Waals surface area (Å²) in [7, 11) is 0. The van der Waals surface area contributed by atoms with Crippen LogP contribution in [0, 0.1) is 0 Å². The van der Waals surface area contributed by atoms with E-state index in [4.69, 9.17) is 9.97 Å². The van der Waals surface area contributed by atoms with Crippen LogP contribution < -0.4 is 0 Å². The van der Waals surface area contributed by atoms with Gasteiger partial charge in [0.05, 0.1) is 11.4 Å². The van der Waals surface area contributed by atoms with Crippen LogP contribution in [0.3, 0.4) is 0 Å². The molecule has 1 heterocycles. The Labute approximate surface area is 350 Å². The average Bonchev–Trinajstić information content (AvgIpc) is 3.34. The van der Waals surface area contributed by atoms with Gasteiger partial charge in [-0.05, 0) is 114 Å². The molecule has 0 fully saturated rings. The van der Waals surface area contributed by atoms with E-state index in [-0.39, 0.29) is 0 Å². The van der Waals surface area contributed by atoms with Crippen LogP contribution in [0.25, 0.3) is 105 Å². The number of allylic oxidation sites excluding steroid dienone is 4. The second kappa shape index (κ2) is 15.2. The Morgan fingerprint density at radius 3 is 1.55 bits per heavy atom. The third kappa shape index (κ3) is 6.49. The first-order valence-electron chi connectivity index (χ1n) is 20.8. The third-order valence-corrected chi connectivity index (χ3v) is 11.9. The van der Waals surface area contributed by atoms with Crippen molar-refractivity contribution >= 4 is 37.9 Å². The topological polar surface area (TPSA) is 25.8 Å². The summed E-state index contributed by atoms with van der Waals surface area (Å²) in [5.74, 6) is 0.694. The van der Waals surface area contributed by atoms with Crippen molar-refractivity contribution in [3.05, 3.63) is 224 Å². The standard InChI is InChI=1S/C58H40N2/c1-3-17-39(18-4-1)41-21-15-23-44(35-41)56-38-57(60-58(59-56)45-24-16-22-42(36-45)40-19-5-2-6-20-40)54-32-14-13-30-51(54)47-26-8-7-25-46(47)43-33-34-53-50-29-10-9-27-48(50)49-28-11-12-31-52(49)55(53)37-43/h2-3,5-38H,1,4H2. The van der Waals surface area contributed by atoms with Crippen LogP contribution in [0.15, 0.2) is 218 Å². The first kappa shape index (κ1) is 35.5. The van der Waals surface area contributed by atoms with Gasteiger partial charge in [-0.3, -0.25) is 0 Å². The minimum atomic E-state index is 0.694. The molecule has 282 valence electrons. The summed E-state index contributed by atoms with van der Waals surface area (Å²) in [6.07, 6.45) is 8.98. The largest absolute Gasteiger partial charge is 0.228 e. The van der Waals surface area contributed by atoms with Crippen molar-refractivity contribution in [3.8, 4) is 67.3 Å². The lowest BCUT2D eigenvalue weighted by Gasteiger charge is -2.17. The molecule has 0 bridgehead atoms. The molecule has 10 aromatic rings. The van der Waals surface area contributed by atoms with E-state index in [0.29, 0.717) is 5.82 Å². The molecule has 0 saturated heterocycles. The number of benzene rings is 9. The molecule has 1 aliphatic rings. The van der Waals surface area contributed by atoms with Gasteiger partial charge in [-0.15, -0.1) is 0 Å². The number of hydrogen-bond donors (Lipinski definition) is 0. The molecule has 0 N–H and O–H groups in total. The summed E-state index contributed by atoms with van der Waals surface area (Å²) < 4.78 is 0. The zero-order valence-corrected chi connectivity index (χ0v) is 33.1. The summed E-state index contributed by atoms with van der Waals surface area (Å²) in [6, 6.07) is 72.1. The van der Waals surface area contributed by atoms with Gasteiger partial charge in [0.15, 0.2) is 5.82 Å². The first-order chi connectivity index (χ1) is 29.7. The van der Waals surface area contributed by atoms with Gasteiger partial charge in [0.25, 0.3) is 0 Å². The fraction of sp³-hybridized carbons (Fsp3) is 0.0345. The van der Waals surface area contributed by atoms with E-state index in [0.717, 1.165) is 63.2 Å². The zero-order valence-electron chi connectivity index (χ0n) is 33.1. The number of fused-ring (bicyclic) bond motifs is 6. The van der Waals surface area contributed by atoms with E-state index in [1.807, 2.05) is 0 Å². The normalized spacial score (nSPS) is 12.6. The Hall–Kier alpha value is -7.68. The van der Waals surface area contributed by atoms with E-state index in [9.17, 15) is 0 Å². The summed E-state index contributed by atoms with van der Waals surface area (Å²) in [6.45, 7) is 0. The quantitative estimate of drug-likeness (QED) is 0.151. The molecule has 1 aliphatic carbocycles. The molecule has 60 heavy (non-hydrogen) atoms. The molecule has 0 amide bonds. The second-order valence-corrected chi connectivity index (χ2v) is 15.6. The molecular formula is C58H40N2. The molecule has 2 nitrogen and oxygen atoms in total. The van der Waals surface area contributed by atoms with Crippen molar-refractivity contribution in [3.63, 3.8) is 0 Å². The molecule has 0 saturated carbocycles. The van der Waals surface area contributed by atoms with Gasteiger partial charge in [0, 0.05) is 16.7 Å². The van der Waals surface area contributed by atoms with Crippen LogP contribution in [-0.4, -0.2) is 9.97 Å². The van der Waals surface area contributed by atoms with Crippen molar-refractivity contribution in [2.45, 2.75) is 12.8 Å². The van der Waals surface area contributed by atoms with Crippen LogP contribution in [-0.2, 0) is 0 Å². The van der Waals surface area contributed by atoms with E-state index >= 15 is 0 Å². The van der Waals surface area contributed by atoms with Gasteiger partial charge in [-0.2, -0.15) is 0 Å². The summed E-state index contributed by atoms with van der Waals surface area (Å²) in [4.78, 5) is 10.7. The molecule has 2 heteroatoms. The van der Waals surface area contributed by atoms with E-state index in [1.165, 1.54) is 54.6 Å². The van der Waals surface area contributed by atoms with E-state index in [1.54, 1.807) is 0 Å². The summed E-state index contributed by atoms with van der Waals surface area (Å²) >= 11 is 0. The lowest BCUT2D eigenvalue weighted by atomic mass is 9.88. The van der Waals surface area contributed by atoms with Gasteiger partial charge >= 0.3 is 0 Å². The Kier molecular flexibility index (Phi) is 9.02. The zero-order chi connectivity index (χ0) is 39.8. The molecule has 0 spiro atoms. The molecule has 0 atom stereocenters. The summed E-state index contributed by atoms with van der Waals surface area (Å²) in [5, 5.41) is 7.63. The van der Waals surface area contributed by atoms with Crippen molar-refractivity contribution < 1.29 is 0 Å². The number of aromatic nitrogens is 2.